The molecule has 0 saturated heterocycles. The van der Waals surface area contributed by atoms with Gasteiger partial charge < -0.3 is 0 Å². The molecule has 110 valence electrons. The van der Waals surface area contributed by atoms with E-state index in [0.29, 0.717) is 4.58 Å². The Balaban J connectivity index is 1.90. The molecule has 0 aromatic heterocycles. The van der Waals surface area contributed by atoms with Crippen LogP contribution in [0.5, 0.6) is 0 Å². The molecular weight excluding hydrogens is 304 g/mol. The number of thioether (sulfide) groups is 2. The third-order valence-electron chi connectivity index (χ3n) is 3.42. The fourth-order valence-corrected chi connectivity index (χ4v) is 5.01. The second-order valence-corrected chi connectivity index (χ2v) is 7.71. The van der Waals surface area contributed by atoms with E-state index in [4.69, 9.17) is 0 Å². The van der Waals surface area contributed by atoms with E-state index >= 15 is 0 Å². The minimum Gasteiger partial charge on any atom is -0.106 e. The van der Waals surface area contributed by atoms with Crippen molar-refractivity contribution in [2.75, 3.05) is 0 Å². The van der Waals surface area contributed by atoms with Gasteiger partial charge in [-0.1, -0.05) is 60.7 Å². The van der Waals surface area contributed by atoms with E-state index in [1.165, 1.54) is 20.9 Å². The lowest BCUT2D eigenvalue weighted by molar-refractivity contribution is 1.27. The first-order valence-electron chi connectivity index (χ1n) is 7.32. The van der Waals surface area contributed by atoms with Crippen LogP contribution in [-0.4, -0.2) is 0 Å². The van der Waals surface area contributed by atoms with E-state index in [-0.39, 0.29) is 0 Å². The zero-order valence-corrected chi connectivity index (χ0v) is 14.1. The molecule has 0 bridgehead atoms. The van der Waals surface area contributed by atoms with Crippen molar-refractivity contribution in [2.45, 2.75) is 21.3 Å². The molecule has 0 spiro atoms. The van der Waals surface area contributed by atoms with Crippen LogP contribution in [0.15, 0.2) is 94.7 Å². The molecule has 3 aromatic carbocycles. The SMILES string of the molecule is Cc1ccccc1C(Sc1ccccc1)Sc1ccccc1. The highest BCUT2D eigenvalue weighted by Crippen LogP contribution is 2.47. The molecule has 22 heavy (non-hydrogen) atoms. The Morgan fingerprint density at radius 1 is 0.591 bits per heavy atom. The smallest absolute Gasteiger partial charge is 0.0848 e. The Bertz CT molecular complexity index is 667. The Morgan fingerprint density at radius 2 is 1.05 bits per heavy atom. The largest absolute Gasteiger partial charge is 0.106 e. The van der Waals surface area contributed by atoms with Gasteiger partial charge in [0.25, 0.3) is 0 Å². The lowest BCUT2D eigenvalue weighted by Gasteiger charge is -2.19. The Hall–Kier alpha value is -1.64. The van der Waals surface area contributed by atoms with E-state index in [0.717, 1.165) is 0 Å². The van der Waals surface area contributed by atoms with Crippen molar-refractivity contribution < 1.29 is 0 Å². The molecule has 0 saturated carbocycles. The molecular formula is C20H18S2. The van der Waals surface area contributed by atoms with Gasteiger partial charge in [0.2, 0.25) is 0 Å². The first kappa shape index (κ1) is 15.3. The first-order valence-corrected chi connectivity index (χ1v) is 9.08. The first-order chi connectivity index (χ1) is 10.8. The summed E-state index contributed by atoms with van der Waals surface area (Å²) in [6.45, 7) is 2.19. The van der Waals surface area contributed by atoms with Crippen LogP contribution in [0, 0.1) is 6.92 Å². The van der Waals surface area contributed by atoms with Crippen LogP contribution in [0.4, 0.5) is 0 Å². The van der Waals surface area contributed by atoms with Crippen LogP contribution in [0.2, 0.25) is 0 Å². The quantitative estimate of drug-likeness (QED) is 0.384. The van der Waals surface area contributed by atoms with Crippen LogP contribution in [0.1, 0.15) is 15.7 Å². The normalized spacial score (nSPS) is 10.8. The predicted molar refractivity (Wildman–Crippen MR) is 98.5 cm³/mol. The second kappa shape index (κ2) is 7.57. The van der Waals surface area contributed by atoms with Gasteiger partial charge in [0.15, 0.2) is 0 Å². The summed E-state index contributed by atoms with van der Waals surface area (Å²) in [5.41, 5.74) is 2.74. The van der Waals surface area contributed by atoms with Crippen molar-refractivity contribution in [1.29, 1.82) is 0 Å². The Kier molecular flexibility index (Phi) is 5.25. The van der Waals surface area contributed by atoms with Crippen LogP contribution in [-0.2, 0) is 0 Å². The summed E-state index contributed by atoms with van der Waals surface area (Å²) in [6, 6.07) is 29.9. The lowest BCUT2D eigenvalue weighted by Crippen LogP contribution is -1.93. The van der Waals surface area contributed by atoms with Crippen molar-refractivity contribution in [3.63, 3.8) is 0 Å². The van der Waals surface area contributed by atoms with Crippen LogP contribution >= 0.6 is 23.5 Å². The molecule has 2 heteroatoms. The molecule has 0 amide bonds. The van der Waals surface area contributed by atoms with Gasteiger partial charge >= 0.3 is 0 Å². The molecule has 0 atom stereocenters. The topological polar surface area (TPSA) is 0 Å². The zero-order valence-electron chi connectivity index (χ0n) is 12.5. The number of rotatable bonds is 5. The fraction of sp³-hybridized carbons (Fsp3) is 0.100. The van der Waals surface area contributed by atoms with Gasteiger partial charge in [-0.15, -0.1) is 23.5 Å². The van der Waals surface area contributed by atoms with Crippen molar-refractivity contribution in [2.24, 2.45) is 0 Å². The summed E-state index contributed by atoms with van der Waals surface area (Å²) in [7, 11) is 0. The number of benzene rings is 3. The molecule has 0 fully saturated rings. The van der Waals surface area contributed by atoms with Crippen LogP contribution < -0.4 is 0 Å². The summed E-state index contributed by atoms with van der Waals surface area (Å²) in [6.07, 6.45) is 0. The number of hydrogen-bond donors (Lipinski definition) is 0. The van der Waals surface area contributed by atoms with E-state index in [1.54, 1.807) is 0 Å². The maximum atomic E-state index is 2.24. The molecule has 0 radical (unpaired) electrons. The second-order valence-electron chi connectivity index (χ2n) is 5.05. The average Bonchev–Trinajstić information content (AvgIpc) is 2.57. The van der Waals surface area contributed by atoms with Gasteiger partial charge in [0.1, 0.15) is 0 Å². The van der Waals surface area contributed by atoms with E-state index in [9.17, 15) is 0 Å². The van der Waals surface area contributed by atoms with Gasteiger partial charge in [-0.25, -0.2) is 0 Å². The molecule has 3 rings (SSSR count). The highest BCUT2D eigenvalue weighted by molar-refractivity contribution is 8.16. The van der Waals surface area contributed by atoms with Crippen molar-refractivity contribution in [1.82, 2.24) is 0 Å². The molecule has 0 N–H and O–H groups in total. The molecule has 0 heterocycles. The van der Waals surface area contributed by atoms with Crippen LogP contribution in [0.3, 0.4) is 0 Å². The number of aryl methyl sites for hydroxylation is 1. The highest BCUT2D eigenvalue weighted by Gasteiger charge is 2.16. The van der Waals surface area contributed by atoms with Gasteiger partial charge in [-0.2, -0.15) is 0 Å². The van der Waals surface area contributed by atoms with Gasteiger partial charge in [0.05, 0.1) is 4.58 Å². The van der Waals surface area contributed by atoms with Crippen molar-refractivity contribution in [3.05, 3.63) is 96.1 Å². The van der Waals surface area contributed by atoms with E-state index < -0.39 is 0 Å². The maximum absolute atomic E-state index is 2.24. The van der Waals surface area contributed by atoms with Crippen molar-refractivity contribution >= 4 is 23.5 Å². The third kappa shape index (κ3) is 3.96. The lowest BCUT2D eigenvalue weighted by atomic mass is 10.1. The minimum atomic E-state index is 0.353. The molecule has 0 aliphatic rings. The molecule has 0 nitrogen and oxygen atoms in total. The Morgan fingerprint density at radius 3 is 1.55 bits per heavy atom. The minimum absolute atomic E-state index is 0.353. The van der Waals surface area contributed by atoms with E-state index in [1.807, 2.05) is 23.5 Å². The van der Waals surface area contributed by atoms with Crippen molar-refractivity contribution in [3.8, 4) is 0 Å². The van der Waals surface area contributed by atoms with Gasteiger partial charge in [0, 0.05) is 9.79 Å². The molecule has 0 unspecified atom stereocenters. The molecule has 0 aliphatic heterocycles. The fourth-order valence-electron chi connectivity index (χ4n) is 2.25. The standard InChI is InChI=1S/C20H18S2/c1-16-10-8-9-15-19(16)20(21-17-11-4-2-5-12-17)22-18-13-6-3-7-14-18/h2-15,20H,1H3. The summed E-state index contributed by atoms with van der Waals surface area (Å²) in [4.78, 5) is 2.61. The molecule has 3 aromatic rings. The Labute approximate surface area is 141 Å². The van der Waals surface area contributed by atoms with Gasteiger partial charge in [-0.3, -0.25) is 0 Å². The third-order valence-corrected chi connectivity index (χ3v) is 6.02. The van der Waals surface area contributed by atoms with Gasteiger partial charge in [-0.05, 0) is 42.3 Å². The maximum Gasteiger partial charge on any atom is 0.0848 e. The monoisotopic (exact) mass is 322 g/mol. The summed E-state index contributed by atoms with van der Waals surface area (Å²) in [5.74, 6) is 0. The number of hydrogen-bond acceptors (Lipinski definition) is 2. The summed E-state index contributed by atoms with van der Waals surface area (Å²) < 4.78 is 0.353. The summed E-state index contributed by atoms with van der Waals surface area (Å²) in [5, 5.41) is 0. The highest BCUT2D eigenvalue weighted by atomic mass is 32.2. The van der Waals surface area contributed by atoms with E-state index in [2.05, 4.69) is 91.9 Å². The average molecular weight is 322 g/mol. The van der Waals surface area contributed by atoms with Crippen LogP contribution in [0.25, 0.3) is 0 Å². The predicted octanol–water partition coefficient (Wildman–Crippen LogP) is 6.58. The zero-order chi connectivity index (χ0) is 15.2. The summed E-state index contributed by atoms with van der Waals surface area (Å²) >= 11 is 3.83. The molecule has 0 aliphatic carbocycles.